The standard InChI is InChI=1S/C26H33N3O3S/c1-3-4-18-32-21-16-14-19(15-17-21)24(30)28-26(33)29(2)23-13-9-8-12-22(23)25(31)27-20-10-6-5-7-11-20/h8-9,12-17,20H,3-7,10-11,18H2,1-2H3,(H,27,31)(H,28,30,33). The molecule has 176 valence electrons. The normalized spacial score (nSPS) is 13.8. The van der Waals surface area contributed by atoms with E-state index in [1.165, 1.54) is 6.42 Å². The summed E-state index contributed by atoms with van der Waals surface area (Å²) >= 11 is 5.48. The zero-order valence-electron chi connectivity index (χ0n) is 19.4. The molecule has 1 fully saturated rings. The molecule has 0 saturated heterocycles. The zero-order chi connectivity index (χ0) is 23.6. The van der Waals surface area contributed by atoms with Gasteiger partial charge in [0.2, 0.25) is 0 Å². The van der Waals surface area contributed by atoms with Crippen LogP contribution in [0, 0.1) is 0 Å². The second kappa shape index (κ2) is 12.3. The van der Waals surface area contributed by atoms with Crippen LogP contribution in [0.1, 0.15) is 72.6 Å². The number of para-hydroxylation sites is 1. The molecule has 0 heterocycles. The molecule has 1 saturated carbocycles. The van der Waals surface area contributed by atoms with Crippen LogP contribution in [0.25, 0.3) is 0 Å². The molecule has 2 aromatic rings. The predicted molar refractivity (Wildman–Crippen MR) is 136 cm³/mol. The summed E-state index contributed by atoms with van der Waals surface area (Å²) in [5.74, 6) is 0.311. The maximum Gasteiger partial charge on any atom is 0.257 e. The van der Waals surface area contributed by atoms with Crippen LogP contribution in [0.15, 0.2) is 48.5 Å². The van der Waals surface area contributed by atoms with Crippen molar-refractivity contribution in [3.05, 3.63) is 59.7 Å². The Morgan fingerprint density at radius 1 is 1.03 bits per heavy atom. The minimum Gasteiger partial charge on any atom is -0.494 e. The van der Waals surface area contributed by atoms with Crippen molar-refractivity contribution in [2.45, 2.75) is 57.9 Å². The van der Waals surface area contributed by atoms with Crippen molar-refractivity contribution in [2.24, 2.45) is 0 Å². The molecule has 0 unspecified atom stereocenters. The highest BCUT2D eigenvalue weighted by Gasteiger charge is 2.21. The van der Waals surface area contributed by atoms with E-state index < -0.39 is 0 Å². The van der Waals surface area contributed by atoms with Gasteiger partial charge in [-0.2, -0.15) is 0 Å². The van der Waals surface area contributed by atoms with E-state index in [1.807, 2.05) is 18.2 Å². The van der Waals surface area contributed by atoms with E-state index in [0.29, 0.717) is 23.4 Å². The summed E-state index contributed by atoms with van der Waals surface area (Å²) in [5, 5.41) is 6.13. The number of nitrogens with zero attached hydrogens (tertiary/aromatic N) is 1. The molecule has 33 heavy (non-hydrogen) atoms. The van der Waals surface area contributed by atoms with E-state index in [1.54, 1.807) is 42.3 Å². The van der Waals surface area contributed by atoms with Gasteiger partial charge in [0, 0.05) is 18.7 Å². The molecule has 6 nitrogen and oxygen atoms in total. The lowest BCUT2D eigenvalue weighted by atomic mass is 9.95. The quantitative estimate of drug-likeness (QED) is 0.419. The Bertz CT molecular complexity index is 956. The Hall–Kier alpha value is -2.93. The molecular formula is C26H33N3O3S. The lowest BCUT2D eigenvalue weighted by molar-refractivity contribution is 0.0927. The number of unbranched alkanes of at least 4 members (excludes halogenated alkanes) is 1. The molecule has 0 atom stereocenters. The van der Waals surface area contributed by atoms with Gasteiger partial charge < -0.3 is 15.0 Å². The maximum absolute atomic E-state index is 13.0. The minimum atomic E-state index is -0.309. The van der Waals surface area contributed by atoms with Crippen LogP contribution in [0.4, 0.5) is 5.69 Å². The number of rotatable bonds is 8. The molecule has 1 aliphatic carbocycles. The molecule has 2 aromatic carbocycles. The Morgan fingerprint density at radius 2 is 1.73 bits per heavy atom. The summed E-state index contributed by atoms with van der Waals surface area (Å²) in [4.78, 5) is 27.3. The number of thiocarbonyl (C=S) groups is 1. The molecule has 0 bridgehead atoms. The van der Waals surface area contributed by atoms with Crippen LogP contribution in [0.2, 0.25) is 0 Å². The van der Waals surface area contributed by atoms with E-state index in [0.717, 1.165) is 44.3 Å². The van der Waals surface area contributed by atoms with Crippen LogP contribution in [-0.4, -0.2) is 36.6 Å². The van der Waals surface area contributed by atoms with Crippen molar-refractivity contribution < 1.29 is 14.3 Å². The molecule has 0 radical (unpaired) electrons. The lowest BCUT2D eigenvalue weighted by Crippen LogP contribution is -2.42. The van der Waals surface area contributed by atoms with Crippen LogP contribution >= 0.6 is 12.2 Å². The third-order valence-electron chi connectivity index (χ3n) is 5.86. The average molecular weight is 468 g/mol. The van der Waals surface area contributed by atoms with Crippen LogP contribution < -0.4 is 20.3 Å². The van der Waals surface area contributed by atoms with Gasteiger partial charge in [-0.25, -0.2) is 0 Å². The van der Waals surface area contributed by atoms with Crippen molar-refractivity contribution in [3.8, 4) is 5.75 Å². The number of amides is 2. The van der Waals surface area contributed by atoms with Crippen molar-refractivity contribution in [2.75, 3.05) is 18.6 Å². The van der Waals surface area contributed by atoms with Crippen molar-refractivity contribution in [3.63, 3.8) is 0 Å². The molecule has 3 rings (SSSR count). The number of ether oxygens (including phenoxy) is 1. The molecule has 2 amide bonds. The first-order valence-electron chi connectivity index (χ1n) is 11.7. The number of carbonyl (C=O) groups excluding carboxylic acids is 2. The zero-order valence-corrected chi connectivity index (χ0v) is 20.2. The first-order valence-corrected chi connectivity index (χ1v) is 12.1. The Kier molecular flexibility index (Phi) is 9.24. The highest BCUT2D eigenvalue weighted by molar-refractivity contribution is 7.80. The van der Waals surface area contributed by atoms with Crippen LogP contribution in [0.3, 0.4) is 0 Å². The topological polar surface area (TPSA) is 70.7 Å². The second-order valence-corrected chi connectivity index (χ2v) is 8.76. The Balaban J connectivity index is 1.62. The van der Waals surface area contributed by atoms with E-state index in [4.69, 9.17) is 17.0 Å². The van der Waals surface area contributed by atoms with Gasteiger partial charge in [-0.1, -0.05) is 44.7 Å². The second-order valence-electron chi connectivity index (χ2n) is 8.37. The lowest BCUT2D eigenvalue weighted by Gasteiger charge is -2.26. The van der Waals surface area contributed by atoms with Gasteiger partial charge in [0.15, 0.2) is 5.11 Å². The molecule has 7 heteroatoms. The molecule has 2 N–H and O–H groups in total. The fourth-order valence-corrected chi connectivity index (χ4v) is 4.06. The van der Waals surface area contributed by atoms with E-state index >= 15 is 0 Å². The summed E-state index contributed by atoms with van der Waals surface area (Å²) in [6.07, 6.45) is 7.61. The van der Waals surface area contributed by atoms with Gasteiger partial charge in [0.05, 0.1) is 17.9 Å². The van der Waals surface area contributed by atoms with E-state index in [9.17, 15) is 9.59 Å². The SMILES string of the molecule is CCCCOc1ccc(C(=O)NC(=S)N(C)c2ccccc2C(=O)NC2CCCCC2)cc1. The highest BCUT2D eigenvalue weighted by atomic mass is 32.1. The van der Waals surface area contributed by atoms with Crippen molar-refractivity contribution in [1.82, 2.24) is 10.6 Å². The van der Waals surface area contributed by atoms with E-state index in [-0.39, 0.29) is 23.0 Å². The molecular weight excluding hydrogens is 434 g/mol. The number of hydrogen-bond acceptors (Lipinski definition) is 4. The van der Waals surface area contributed by atoms with E-state index in [2.05, 4.69) is 17.6 Å². The summed E-state index contributed by atoms with van der Waals surface area (Å²) in [6, 6.07) is 14.5. The molecule has 0 aliphatic heterocycles. The number of benzene rings is 2. The fourth-order valence-electron chi connectivity index (χ4n) is 3.87. The van der Waals surface area contributed by atoms with Crippen LogP contribution in [0.5, 0.6) is 5.75 Å². The number of carbonyl (C=O) groups is 2. The summed E-state index contributed by atoms with van der Waals surface area (Å²) in [7, 11) is 1.75. The summed E-state index contributed by atoms with van der Waals surface area (Å²) in [6.45, 7) is 2.77. The van der Waals surface area contributed by atoms with Crippen molar-refractivity contribution in [1.29, 1.82) is 0 Å². The molecule has 0 aromatic heterocycles. The summed E-state index contributed by atoms with van der Waals surface area (Å²) in [5.41, 5.74) is 1.67. The van der Waals surface area contributed by atoms with Gasteiger partial charge in [0.25, 0.3) is 11.8 Å². The van der Waals surface area contributed by atoms with Crippen molar-refractivity contribution >= 4 is 34.8 Å². The average Bonchev–Trinajstić information content (AvgIpc) is 2.84. The van der Waals surface area contributed by atoms with Crippen LogP contribution in [-0.2, 0) is 0 Å². The maximum atomic E-state index is 13.0. The summed E-state index contributed by atoms with van der Waals surface area (Å²) < 4.78 is 5.64. The van der Waals surface area contributed by atoms with Gasteiger partial charge in [-0.3, -0.25) is 14.9 Å². The third-order valence-corrected chi connectivity index (χ3v) is 6.23. The smallest absolute Gasteiger partial charge is 0.257 e. The predicted octanol–water partition coefficient (Wildman–Crippen LogP) is 5.08. The minimum absolute atomic E-state index is 0.114. The fraction of sp³-hybridized carbons (Fsp3) is 0.423. The van der Waals surface area contributed by atoms with Gasteiger partial charge in [-0.05, 0) is 67.9 Å². The Labute approximate surface area is 201 Å². The van der Waals surface area contributed by atoms with Gasteiger partial charge in [-0.15, -0.1) is 0 Å². The third kappa shape index (κ3) is 7.02. The number of nitrogens with one attached hydrogen (secondary N) is 2. The highest BCUT2D eigenvalue weighted by Crippen LogP contribution is 2.22. The largest absolute Gasteiger partial charge is 0.494 e. The first kappa shape index (κ1) is 24.7. The van der Waals surface area contributed by atoms with Gasteiger partial charge in [0.1, 0.15) is 5.75 Å². The first-order chi connectivity index (χ1) is 16.0. The van der Waals surface area contributed by atoms with Gasteiger partial charge >= 0.3 is 0 Å². The monoisotopic (exact) mass is 467 g/mol. The molecule has 1 aliphatic rings. The molecule has 0 spiro atoms. The number of anilines is 1. The number of hydrogen-bond donors (Lipinski definition) is 2. The Morgan fingerprint density at radius 3 is 2.42 bits per heavy atom.